The average Bonchev–Trinajstić information content (AvgIpc) is 2.44. The van der Waals surface area contributed by atoms with Crippen molar-refractivity contribution >= 4 is 0 Å². The minimum atomic E-state index is 0.431. The van der Waals surface area contributed by atoms with Gasteiger partial charge in [-0.25, -0.2) is 0 Å². The Morgan fingerprint density at radius 1 is 1.22 bits per heavy atom. The summed E-state index contributed by atoms with van der Waals surface area (Å²) in [7, 11) is 0. The van der Waals surface area contributed by atoms with E-state index in [-0.39, 0.29) is 0 Å². The first-order valence-corrected chi connectivity index (χ1v) is 7.73. The van der Waals surface area contributed by atoms with Gasteiger partial charge in [0.1, 0.15) is 0 Å². The van der Waals surface area contributed by atoms with E-state index in [1.807, 2.05) is 0 Å². The van der Waals surface area contributed by atoms with Gasteiger partial charge in [0, 0.05) is 25.7 Å². The molecular formula is C15H32N2O. The molecule has 0 aromatic rings. The quantitative estimate of drug-likeness (QED) is 0.722. The van der Waals surface area contributed by atoms with Crippen LogP contribution in [-0.2, 0) is 4.74 Å². The first-order chi connectivity index (χ1) is 8.71. The molecule has 1 heterocycles. The van der Waals surface area contributed by atoms with Crippen molar-refractivity contribution in [2.24, 2.45) is 5.41 Å². The van der Waals surface area contributed by atoms with Crippen LogP contribution in [0.1, 0.15) is 47.0 Å². The van der Waals surface area contributed by atoms with E-state index in [0.29, 0.717) is 11.5 Å². The molecule has 1 atom stereocenters. The van der Waals surface area contributed by atoms with Crippen LogP contribution < -0.4 is 5.32 Å². The Balaban J connectivity index is 2.62. The Hall–Kier alpha value is -0.120. The van der Waals surface area contributed by atoms with Crippen molar-refractivity contribution < 1.29 is 4.74 Å². The van der Waals surface area contributed by atoms with Crippen LogP contribution in [0.15, 0.2) is 0 Å². The molecule has 1 aliphatic rings. The number of rotatable bonds is 8. The minimum Gasteiger partial charge on any atom is -0.378 e. The first-order valence-electron chi connectivity index (χ1n) is 7.73. The molecule has 3 heteroatoms. The van der Waals surface area contributed by atoms with Gasteiger partial charge in [0.25, 0.3) is 0 Å². The highest BCUT2D eigenvalue weighted by atomic mass is 16.5. The molecule has 0 saturated carbocycles. The molecule has 1 fully saturated rings. The lowest BCUT2D eigenvalue weighted by Gasteiger charge is -2.43. The third kappa shape index (κ3) is 4.22. The predicted molar refractivity (Wildman–Crippen MR) is 78.0 cm³/mol. The molecule has 0 aliphatic carbocycles. The van der Waals surface area contributed by atoms with Crippen LogP contribution >= 0.6 is 0 Å². The molecule has 0 bridgehead atoms. The van der Waals surface area contributed by atoms with Gasteiger partial charge in [-0.1, -0.05) is 27.7 Å². The fraction of sp³-hybridized carbons (Fsp3) is 1.00. The summed E-state index contributed by atoms with van der Waals surface area (Å²) in [6.07, 6.45) is 3.71. The molecule has 0 aromatic carbocycles. The molecule has 0 radical (unpaired) electrons. The Bertz CT molecular complexity index is 217. The van der Waals surface area contributed by atoms with Gasteiger partial charge in [-0.2, -0.15) is 0 Å². The van der Waals surface area contributed by atoms with Gasteiger partial charge in [0.2, 0.25) is 0 Å². The lowest BCUT2D eigenvalue weighted by Crippen LogP contribution is -2.52. The summed E-state index contributed by atoms with van der Waals surface area (Å²) in [6, 6.07) is 0.623. The molecule has 1 saturated heterocycles. The van der Waals surface area contributed by atoms with E-state index in [1.165, 1.54) is 25.8 Å². The number of nitrogens with one attached hydrogen (secondary N) is 1. The second-order valence-corrected chi connectivity index (χ2v) is 5.59. The van der Waals surface area contributed by atoms with E-state index in [4.69, 9.17) is 4.74 Å². The molecular weight excluding hydrogens is 224 g/mol. The van der Waals surface area contributed by atoms with Crippen molar-refractivity contribution in [3.05, 3.63) is 0 Å². The van der Waals surface area contributed by atoms with Crippen LogP contribution in [0.25, 0.3) is 0 Å². The standard InChI is InChI=1S/C15H32N2O/c1-5-14-11-18-10-9-17(14)13-15(6-2,7-3)12-16-8-4/h14,16H,5-13H2,1-4H3. The fourth-order valence-corrected chi connectivity index (χ4v) is 2.87. The highest BCUT2D eigenvalue weighted by molar-refractivity contribution is 4.86. The van der Waals surface area contributed by atoms with Crippen LogP contribution in [0.3, 0.4) is 0 Å². The SMILES string of the molecule is CCNCC(CC)(CC)CN1CCOCC1CC. The average molecular weight is 256 g/mol. The van der Waals surface area contributed by atoms with Gasteiger partial charge < -0.3 is 10.1 Å². The smallest absolute Gasteiger partial charge is 0.0622 e. The van der Waals surface area contributed by atoms with Crippen molar-refractivity contribution in [1.82, 2.24) is 10.2 Å². The van der Waals surface area contributed by atoms with Gasteiger partial charge in [0.15, 0.2) is 0 Å². The molecule has 1 aliphatic heterocycles. The Morgan fingerprint density at radius 2 is 1.94 bits per heavy atom. The van der Waals surface area contributed by atoms with E-state index in [2.05, 4.69) is 37.9 Å². The summed E-state index contributed by atoms with van der Waals surface area (Å²) in [5.41, 5.74) is 0.431. The zero-order valence-corrected chi connectivity index (χ0v) is 12.8. The minimum absolute atomic E-state index is 0.431. The molecule has 1 unspecified atom stereocenters. The van der Waals surface area contributed by atoms with Crippen LogP contribution in [0, 0.1) is 5.41 Å². The van der Waals surface area contributed by atoms with Crippen molar-refractivity contribution in [3.63, 3.8) is 0 Å². The van der Waals surface area contributed by atoms with Crippen LogP contribution in [0.4, 0.5) is 0 Å². The van der Waals surface area contributed by atoms with Crippen LogP contribution in [0.5, 0.6) is 0 Å². The van der Waals surface area contributed by atoms with Gasteiger partial charge >= 0.3 is 0 Å². The molecule has 108 valence electrons. The maximum absolute atomic E-state index is 5.61. The Labute approximate surface area is 113 Å². The van der Waals surface area contributed by atoms with Crippen molar-refractivity contribution in [1.29, 1.82) is 0 Å². The zero-order valence-electron chi connectivity index (χ0n) is 12.8. The molecule has 18 heavy (non-hydrogen) atoms. The van der Waals surface area contributed by atoms with Crippen molar-refractivity contribution in [2.75, 3.05) is 39.4 Å². The van der Waals surface area contributed by atoms with Crippen LogP contribution in [0.2, 0.25) is 0 Å². The molecule has 1 N–H and O–H groups in total. The monoisotopic (exact) mass is 256 g/mol. The molecule has 0 spiro atoms. The second-order valence-electron chi connectivity index (χ2n) is 5.59. The number of nitrogens with zero attached hydrogens (tertiary/aromatic N) is 1. The maximum atomic E-state index is 5.61. The predicted octanol–water partition coefficient (Wildman–Crippen LogP) is 2.51. The molecule has 0 aromatic heterocycles. The maximum Gasteiger partial charge on any atom is 0.0622 e. The molecule has 0 amide bonds. The van der Waals surface area contributed by atoms with Crippen molar-refractivity contribution in [2.45, 2.75) is 53.0 Å². The van der Waals surface area contributed by atoms with E-state index in [0.717, 1.165) is 32.8 Å². The lowest BCUT2D eigenvalue weighted by atomic mass is 9.81. The lowest BCUT2D eigenvalue weighted by molar-refractivity contribution is -0.0296. The van der Waals surface area contributed by atoms with Gasteiger partial charge in [-0.15, -0.1) is 0 Å². The van der Waals surface area contributed by atoms with E-state index >= 15 is 0 Å². The van der Waals surface area contributed by atoms with E-state index in [9.17, 15) is 0 Å². The summed E-state index contributed by atoms with van der Waals surface area (Å²) in [5.74, 6) is 0. The molecule has 1 rings (SSSR count). The highest BCUT2D eigenvalue weighted by Crippen LogP contribution is 2.28. The summed E-state index contributed by atoms with van der Waals surface area (Å²) in [4.78, 5) is 2.66. The van der Waals surface area contributed by atoms with E-state index in [1.54, 1.807) is 0 Å². The Kier molecular flexibility index (Phi) is 7.20. The fourth-order valence-electron chi connectivity index (χ4n) is 2.87. The zero-order chi connectivity index (χ0) is 13.4. The number of hydrogen-bond donors (Lipinski definition) is 1. The summed E-state index contributed by atoms with van der Waals surface area (Å²) in [5, 5.41) is 3.56. The number of ether oxygens (including phenoxy) is 1. The summed E-state index contributed by atoms with van der Waals surface area (Å²) >= 11 is 0. The summed E-state index contributed by atoms with van der Waals surface area (Å²) < 4.78 is 5.61. The van der Waals surface area contributed by atoms with E-state index < -0.39 is 0 Å². The number of morpholine rings is 1. The van der Waals surface area contributed by atoms with Gasteiger partial charge in [-0.3, -0.25) is 4.90 Å². The molecule has 3 nitrogen and oxygen atoms in total. The topological polar surface area (TPSA) is 24.5 Å². The highest BCUT2D eigenvalue weighted by Gasteiger charge is 2.32. The third-order valence-electron chi connectivity index (χ3n) is 4.61. The third-order valence-corrected chi connectivity index (χ3v) is 4.61. The van der Waals surface area contributed by atoms with Crippen LogP contribution in [-0.4, -0.2) is 50.3 Å². The number of hydrogen-bond acceptors (Lipinski definition) is 3. The Morgan fingerprint density at radius 3 is 2.50 bits per heavy atom. The summed E-state index contributed by atoms with van der Waals surface area (Å²) in [6.45, 7) is 15.5. The van der Waals surface area contributed by atoms with Gasteiger partial charge in [-0.05, 0) is 31.2 Å². The second kappa shape index (κ2) is 8.13. The normalized spacial score (nSPS) is 22.3. The van der Waals surface area contributed by atoms with Gasteiger partial charge in [0.05, 0.1) is 13.2 Å². The van der Waals surface area contributed by atoms with Crippen molar-refractivity contribution in [3.8, 4) is 0 Å². The largest absolute Gasteiger partial charge is 0.378 e. The first kappa shape index (κ1) is 15.9.